The standard InChI is InChI=1S/C24H24N2O3/c1-23-18-12-7-8-13-19(18)26-20(27)14-4-2-3-9-15-25-21(28)16-10-5-6-11-17(16)24(23,25)29-22(23)26/h5-8,10-13,22H,2-4,9,14-15H2,1H3/t22-,23-,24-/m1/s1. The first-order valence-corrected chi connectivity index (χ1v) is 10.6. The van der Waals surface area contributed by atoms with E-state index >= 15 is 0 Å². The van der Waals surface area contributed by atoms with E-state index in [0.717, 1.165) is 48.1 Å². The Morgan fingerprint density at radius 2 is 1.66 bits per heavy atom. The van der Waals surface area contributed by atoms with Crippen LogP contribution in [0.1, 0.15) is 60.5 Å². The van der Waals surface area contributed by atoms with Gasteiger partial charge in [0.1, 0.15) is 0 Å². The molecule has 6 rings (SSSR count). The Morgan fingerprint density at radius 1 is 0.931 bits per heavy atom. The summed E-state index contributed by atoms with van der Waals surface area (Å²) in [7, 11) is 0. The Hall–Kier alpha value is -2.66. The van der Waals surface area contributed by atoms with Gasteiger partial charge in [0.2, 0.25) is 5.91 Å². The number of para-hydroxylation sites is 1. The summed E-state index contributed by atoms with van der Waals surface area (Å²) in [6, 6.07) is 15.9. The van der Waals surface area contributed by atoms with Crippen LogP contribution in [0.5, 0.6) is 0 Å². The van der Waals surface area contributed by atoms with Gasteiger partial charge in [0, 0.05) is 24.1 Å². The van der Waals surface area contributed by atoms with Crippen LogP contribution in [-0.2, 0) is 20.7 Å². The Kier molecular flexibility index (Phi) is 3.38. The first-order valence-electron chi connectivity index (χ1n) is 10.6. The highest BCUT2D eigenvalue weighted by molar-refractivity contribution is 6.02. The van der Waals surface area contributed by atoms with Crippen LogP contribution >= 0.6 is 0 Å². The summed E-state index contributed by atoms with van der Waals surface area (Å²) < 4.78 is 6.67. The van der Waals surface area contributed by atoms with Crippen molar-refractivity contribution in [1.29, 1.82) is 0 Å². The predicted octanol–water partition coefficient (Wildman–Crippen LogP) is 3.92. The number of benzene rings is 2. The normalized spacial score (nSPS) is 32.7. The molecule has 2 aromatic rings. The van der Waals surface area contributed by atoms with Crippen molar-refractivity contribution in [1.82, 2.24) is 4.90 Å². The second-order valence-corrected chi connectivity index (χ2v) is 8.76. The van der Waals surface area contributed by atoms with Crippen molar-refractivity contribution >= 4 is 17.5 Å². The van der Waals surface area contributed by atoms with E-state index in [9.17, 15) is 9.59 Å². The van der Waals surface area contributed by atoms with Gasteiger partial charge in [-0.3, -0.25) is 14.5 Å². The number of fused-ring (bicyclic) bond motifs is 4. The molecule has 2 saturated heterocycles. The quantitative estimate of drug-likeness (QED) is 0.687. The molecule has 148 valence electrons. The lowest BCUT2D eigenvalue weighted by Crippen LogP contribution is -2.75. The van der Waals surface area contributed by atoms with Crippen LogP contribution in [0, 0.1) is 0 Å². The van der Waals surface area contributed by atoms with Crippen molar-refractivity contribution in [2.45, 2.75) is 56.4 Å². The molecular formula is C24H24N2O3. The third kappa shape index (κ3) is 1.85. The van der Waals surface area contributed by atoms with Gasteiger partial charge in [0.25, 0.3) is 5.91 Å². The van der Waals surface area contributed by atoms with E-state index in [2.05, 4.69) is 13.0 Å². The number of anilines is 1. The number of hydrogen-bond acceptors (Lipinski definition) is 3. The average molecular weight is 388 g/mol. The fourth-order valence-electron chi connectivity index (χ4n) is 6.02. The number of carbonyl (C=O) groups excluding carboxylic acids is 2. The van der Waals surface area contributed by atoms with Crippen LogP contribution in [0.25, 0.3) is 0 Å². The van der Waals surface area contributed by atoms with Gasteiger partial charge >= 0.3 is 0 Å². The summed E-state index contributed by atoms with van der Waals surface area (Å²) in [5.41, 5.74) is 2.33. The third-order valence-electron chi connectivity index (χ3n) is 7.38. The molecule has 4 aliphatic heterocycles. The van der Waals surface area contributed by atoms with Crippen LogP contribution < -0.4 is 4.90 Å². The topological polar surface area (TPSA) is 49.9 Å². The Labute approximate surface area is 170 Å². The van der Waals surface area contributed by atoms with E-state index in [1.807, 2.05) is 52.3 Å². The van der Waals surface area contributed by atoms with Crippen molar-refractivity contribution < 1.29 is 14.3 Å². The average Bonchev–Trinajstić information content (AvgIpc) is 3.10. The maximum atomic E-state index is 13.4. The lowest BCUT2D eigenvalue weighted by atomic mass is 9.65. The highest BCUT2D eigenvalue weighted by Gasteiger charge is 2.77. The van der Waals surface area contributed by atoms with Crippen LogP contribution in [0.2, 0.25) is 0 Å². The molecule has 4 heterocycles. The zero-order valence-corrected chi connectivity index (χ0v) is 16.6. The first-order chi connectivity index (χ1) is 14.1. The monoisotopic (exact) mass is 388 g/mol. The molecule has 1 spiro atoms. The van der Waals surface area contributed by atoms with Crippen molar-refractivity contribution in [3.63, 3.8) is 0 Å². The molecule has 0 saturated carbocycles. The summed E-state index contributed by atoms with van der Waals surface area (Å²) in [6.45, 7) is 2.84. The molecule has 0 N–H and O–H groups in total. The SMILES string of the molecule is C[C@]12c3ccccc3N3C(=O)CCCCCCN4C(=O)c5ccccc5[C@]41O[C@@H]32. The van der Waals surface area contributed by atoms with Crippen LogP contribution in [0.4, 0.5) is 5.69 Å². The largest absolute Gasteiger partial charge is 0.325 e. The van der Waals surface area contributed by atoms with Crippen molar-refractivity contribution in [3.8, 4) is 0 Å². The molecule has 0 aromatic heterocycles. The maximum absolute atomic E-state index is 13.4. The molecule has 2 fully saturated rings. The van der Waals surface area contributed by atoms with E-state index in [4.69, 9.17) is 4.74 Å². The Balaban J connectivity index is 1.61. The molecule has 4 aliphatic rings. The lowest BCUT2D eigenvalue weighted by molar-refractivity contribution is -0.327. The molecular weight excluding hydrogens is 364 g/mol. The maximum Gasteiger partial charge on any atom is 0.256 e. The van der Waals surface area contributed by atoms with Crippen LogP contribution in [-0.4, -0.2) is 29.5 Å². The summed E-state index contributed by atoms with van der Waals surface area (Å²) in [5.74, 6) is 0.158. The minimum atomic E-state index is -0.852. The summed E-state index contributed by atoms with van der Waals surface area (Å²) in [4.78, 5) is 30.4. The van der Waals surface area contributed by atoms with Gasteiger partial charge in [0.05, 0.1) is 11.1 Å². The fraction of sp³-hybridized carbons (Fsp3) is 0.417. The van der Waals surface area contributed by atoms with Crippen LogP contribution in [0.3, 0.4) is 0 Å². The predicted molar refractivity (Wildman–Crippen MR) is 108 cm³/mol. The Morgan fingerprint density at radius 3 is 2.52 bits per heavy atom. The van der Waals surface area contributed by atoms with Crippen LogP contribution in [0.15, 0.2) is 48.5 Å². The number of rotatable bonds is 0. The lowest BCUT2D eigenvalue weighted by Gasteiger charge is -2.62. The molecule has 29 heavy (non-hydrogen) atoms. The molecule has 0 unspecified atom stereocenters. The smallest absolute Gasteiger partial charge is 0.256 e. The minimum absolute atomic E-state index is 0.0413. The van der Waals surface area contributed by atoms with Gasteiger partial charge in [-0.25, -0.2) is 0 Å². The van der Waals surface area contributed by atoms with E-state index in [1.165, 1.54) is 0 Å². The highest BCUT2D eigenvalue weighted by atomic mass is 16.6. The van der Waals surface area contributed by atoms with Gasteiger partial charge in [-0.15, -0.1) is 0 Å². The van der Waals surface area contributed by atoms with E-state index in [-0.39, 0.29) is 18.0 Å². The van der Waals surface area contributed by atoms with E-state index in [1.54, 1.807) is 0 Å². The third-order valence-corrected chi connectivity index (χ3v) is 7.38. The summed E-state index contributed by atoms with van der Waals surface area (Å²) in [5, 5.41) is 0. The first kappa shape index (κ1) is 17.2. The molecule has 0 aliphatic carbocycles. The fourth-order valence-corrected chi connectivity index (χ4v) is 6.02. The zero-order chi connectivity index (χ0) is 19.8. The molecule has 5 nitrogen and oxygen atoms in total. The highest BCUT2D eigenvalue weighted by Crippen LogP contribution is 2.68. The molecule has 2 aromatic carbocycles. The molecule has 2 bridgehead atoms. The van der Waals surface area contributed by atoms with Gasteiger partial charge in [-0.05, 0) is 37.5 Å². The second-order valence-electron chi connectivity index (χ2n) is 8.76. The number of nitrogens with zero attached hydrogens (tertiary/aromatic N) is 2. The summed E-state index contributed by atoms with van der Waals surface area (Å²) >= 11 is 0. The van der Waals surface area contributed by atoms with Gasteiger partial charge in [0.15, 0.2) is 12.0 Å². The van der Waals surface area contributed by atoms with Crippen molar-refractivity contribution in [2.24, 2.45) is 0 Å². The van der Waals surface area contributed by atoms with Gasteiger partial charge < -0.3 is 9.64 Å². The van der Waals surface area contributed by atoms with Crippen molar-refractivity contribution in [3.05, 3.63) is 65.2 Å². The molecule has 3 atom stereocenters. The van der Waals surface area contributed by atoms with Gasteiger partial charge in [-0.2, -0.15) is 0 Å². The van der Waals surface area contributed by atoms with Crippen molar-refractivity contribution in [2.75, 3.05) is 11.4 Å². The number of hydrogen-bond donors (Lipinski definition) is 0. The second kappa shape index (κ2) is 5.70. The number of carbonyl (C=O) groups is 2. The minimum Gasteiger partial charge on any atom is -0.325 e. The molecule has 2 amide bonds. The number of amides is 2. The number of ether oxygens (including phenoxy) is 1. The summed E-state index contributed by atoms with van der Waals surface area (Å²) in [6.07, 6.45) is 3.97. The molecule has 5 heteroatoms. The van der Waals surface area contributed by atoms with E-state index < -0.39 is 11.1 Å². The Bertz CT molecular complexity index is 1050. The zero-order valence-electron chi connectivity index (χ0n) is 16.6. The van der Waals surface area contributed by atoms with Gasteiger partial charge in [-0.1, -0.05) is 49.2 Å². The van der Waals surface area contributed by atoms with E-state index in [0.29, 0.717) is 13.0 Å². The molecule has 0 radical (unpaired) electrons.